The molecule has 0 amide bonds. The van der Waals surface area contributed by atoms with E-state index in [-0.39, 0.29) is 30.2 Å². The molecular formula is C33H37NO6Si. The second-order valence-electron chi connectivity index (χ2n) is 10.8. The highest BCUT2D eigenvalue weighted by Crippen LogP contribution is 2.41. The monoisotopic (exact) mass is 571 g/mol. The number of benzene rings is 3. The molecule has 0 bridgehead atoms. The predicted octanol–water partition coefficient (Wildman–Crippen LogP) is 5.43. The fourth-order valence-electron chi connectivity index (χ4n) is 5.23. The largest absolute Gasteiger partial charge is 0.469 e. The third-order valence-electron chi connectivity index (χ3n) is 7.17. The van der Waals surface area contributed by atoms with Crippen molar-refractivity contribution in [3.8, 4) is 0 Å². The smallest absolute Gasteiger partial charge is 0.360 e. The van der Waals surface area contributed by atoms with E-state index in [0.29, 0.717) is 11.3 Å². The zero-order valence-electron chi connectivity index (χ0n) is 24.3. The molecule has 0 saturated carbocycles. The predicted molar refractivity (Wildman–Crippen MR) is 160 cm³/mol. The molecule has 1 atom stereocenters. The van der Waals surface area contributed by atoms with Gasteiger partial charge in [-0.25, -0.2) is 4.79 Å². The molecule has 4 aromatic rings. The number of hydrogen-bond acceptors (Lipinski definition) is 7. The molecule has 4 rings (SSSR count). The van der Waals surface area contributed by atoms with Crippen LogP contribution in [0.15, 0.2) is 95.5 Å². The number of aromatic nitrogens is 1. The molecule has 0 aliphatic heterocycles. The van der Waals surface area contributed by atoms with Crippen LogP contribution in [0.5, 0.6) is 0 Å². The summed E-state index contributed by atoms with van der Waals surface area (Å²) in [5, 5.41) is 6.04. The lowest BCUT2D eigenvalue weighted by Crippen LogP contribution is -2.67. The minimum atomic E-state index is -2.98. The van der Waals surface area contributed by atoms with Crippen molar-refractivity contribution in [3.63, 3.8) is 0 Å². The van der Waals surface area contributed by atoms with Crippen LogP contribution in [-0.2, 0) is 31.5 Å². The summed E-state index contributed by atoms with van der Waals surface area (Å²) in [6, 6.07) is 30.7. The molecule has 8 heteroatoms. The quantitative estimate of drug-likeness (QED) is 0.175. The van der Waals surface area contributed by atoms with Gasteiger partial charge in [-0.3, -0.25) is 4.79 Å². The lowest BCUT2D eigenvalue weighted by molar-refractivity contribution is -0.139. The molecule has 0 spiro atoms. The second-order valence-corrected chi connectivity index (χ2v) is 15.0. The number of esters is 2. The molecular weight excluding hydrogens is 534 g/mol. The summed E-state index contributed by atoms with van der Waals surface area (Å²) in [5.41, 5.74) is 1.27. The van der Waals surface area contributed by atoms with Crippen LogP contribution in [0.4, 0.5) is 0 Å². The molecule has 0 fully saturated rings. The van der Waals surface area contributed by atoms with Gasteiger partial charge in [0.15, 0.2) is 5.69 Å². The number of ether oxygens (including phenoxy) is 2. The van der Waals surface area contributed by atoms with Crippen LogP contribution in [0, 0.1) is 0 Å². The van der Waals surface area contributed by atoms with Crippen LogP contribution >= 0.6 is 0 Å². The maximum atomic E-state index is 12.7. The Bertz CT molecular complexity index is 1390. The van der Waals surface area contributed by atoms with E-state index in [0.717, 1.165) is 15.9 Å². The molecule has 3 aromatic carbocycles. The fourth-order valence-corrected chi connectivity index (χ4v) is 9.89. The van der Waals surface area contributed by atoms with E-state index in [1.165, 1.54) is 7.11 Å². The molecule has 0 radical (unpaired) electrons. The molecule has 7 nitrogen and oxygen atoms in total. The van der Waals surface area contributed by atoms with Crippen molar-refractivity contribution in [1.29, 1.82) is 0 Å². The van der Waals surface area contributed by atoms with Crippen LogP contribution in [0.3, 0.4) is 0 Å². The molecule has 0 N–H and O–H groups in total. The van der Waals surface area contributed by atoms with Gasteiger partial charge in [-0.05, 0) is 27.9 Å². The van der Waals surface area contributed by atoms with E-state index in [2.05, 4.69) is 50.2 Å². The zero-order chi connectivity index (χ0) is 29.5. The van der Waals surface area contributed by atoms with Gasteiger partial charge in [0.2, 0.25) is 0 Å². The number of carbonyl (C=O) groups excluding carboxylic acids is 2. The molecule has 1 aromatic heterocycles. The molecule has 0 aliphatic carbocycles. The van der Waals surface area contributed by atoms with Gasteiger partial charge in [0, 0.05) is 12.0 Å². The molecule has 214 valence electrons. The van der Waals surface area contributed by atoms with Crippen molar-refractivity contribution in [1.82, 2.24) is 5.16 Å². The SMILES string of the molecule is CCOC(=O)c1noc(C[C@H](O[Si](c2ccccc2)(c2ccccc2)C(C)(C)C)c2ccccc2)c1CC(=O)OC. The number of hydrogen-bond donors (Lipinski definition) is 0. The van der Waals surface area contributed by atoms with Gasteiger partial charge in [-0.1, -0.05) is 117 Å². The Morgan fingerprint density at radius 3 is 1.90 bits per heavy atom. The van der Waals surface area contributed by atoms with Gasteiger partial charge in [0.1, 0.15) is 5.76 Å². The van der Waals surface area contributed by atoms with Gasteiger partial charge in [-0.2, -0.15) is 0 Å². The van der Waals surface area contributed by atoms with Crippen LogP contribution < -0.4 is 10.4 Å². The van der Waals surface area contributed by atoms with Gasteiger partial charge < -0.3 is 18.4 Å². The van der Waals surface area contributed by atoms with E-state index < -0.39 is 26.4 Å². The van der Waals surface area contributed by atoms with Gasteiger partial charge >= 0.3 is 11.9 Å². The standard InChI is InChI=1S/C33H37NO6Si/c1-6-38-32(36)31-27(22-30(35)37-5)29(39-34-31)23-28(24-16-10-7-11-17-24)40-41(33(2,3)4,25-18-12-8-13-19-25)26-20-14-9-15-21-26/h7-21,28H,6,22-23H2,1-5H3/t28-/m0/s1. The van der Waals surface area contributed by atoms with Gasteiger partial charge in [0.05, 0.1) is 26.2 Å². The van der Waals surface area contributed by atoms with Crippen LogP contribution in [0.1, 0.15) is 61.2 Å². The topological polar surface area (TPSA) is 87.9 Å². The van der Waals surface area contributed by atoms with Crippen molar-refractivity contribution in [2.24, 2.45) is 0 Å². The summed E-state index contributed by atoms with van der Waals surface area (Å²) in [4.78, 5) is 25.1. The summed E-state index contributed by atoms with van der Waals surface area (Å²) in [6.07, 6.45) is -0.417. The first kappa shape index (κ1) is 30.0. The minimum Gasteiger partial charge on any atom is -0.469 e. The van der Waals surface area contributed by atoms with Crippen molar-refractivity contribution in [3.05, 3.63) is 114 Å². The fraction of sp³-hybridized carbons (Fsp3) is 0.303. The Hall–Kier alpha value is -4.01. The van der Waals surface area contributed by atoms with E-state index in [1.807, 2.05) is 66.7 Å². The average Bonchev–Trinajstić information content (AvgIpc) is 3.37. The third kappa shape index (κ3) is 6.50. The van der Waals surface area contributed by atoms with Crippen molar-refractivity contribution in [2.75, 3.05) is 13.7 Å². The molecule has 0 unspecified atom stereocenters. The summed E-state index contributed by atoms with van der Waals surface area (Å²) >= 11 is 0. The van der Waals surface area contributed by atoms with Crippen LogP contribution in [0.2, 0.25) is 5.04 Å². The van der Waals surface area contributed by atoms with Crippen molar-refractivity contribution >= 4 is 30.6 Å². The lowest BCUT2D eigenvalue weighted by Gasteiger charge is -2.45. The number of nitrogens with zero attached hydrogens (tertiary/aromatic N) is 1. The van der Waals surface area contributed by atoms with E-state index in [1.54, 1.807) is 6.92 Å². The van der Waals surface area contributed by atoms with E-state index >= 15 is 0 Å². The minimum absolute atomic E-state index is 0.0236. The Kier molecular flexibility index (Phi) is 9.57. The second kappa shape index (κ2) is 13.1. The number of carbonyl (C=O) groups is 2. The summed E-state index contributed by atoms with van der Waals surface area (Å²) in [5.74, 6) is -0.778. The maximum absolute atomic E-state index is 12.7. The third-order valence-corrected chi connectivity index (χ3v) is 12.2. The van der Waals surface area contributed by atoms with E-state index in [9.17, 15) is 9.59 Å². The number of rotatable bonds is 11. The van der Waals surface area contributed by atoms with Crippen molar-refractivity contribution < 1.29 is 28.0 Å². The molecule has 41 heavy (non-hydrogen) atoms. The zero-order valence-corrected chi connectivity index (χ0v) is 25.3. The van der Waals surface area contributed by atoms with Gasteiger partial charge in [-0.15, -0.1) is 0 Å². The maximum Gasteiger partial charge on any atom is 0.360 e. The van der Waals surface area contributed by atoms with Crippen LogP contribution in [0.25, 0.3) is 0 Å². The summed E-state index contributed by atoms with van der Waals surface area (Å²) in [6.45, 7) is 8.54. The highest BCUT2D eigenvalue weighted by molar-refractivity contribution is 6.99. The first-order chi connectivity index (χ1) is 19.7. The Morgan fingerprint density at radius 1 is 0.878 bits per heavy atom. The highest BCUT2D eigenvalue weighted by atomic mass is 28.4. The lowest BCUT2D eigenvalue weighted by atomic mass is 10.0. The normalized spacial score (nSPS) is 12.5. The first-order valence-corrected chi connectivity index (χ1v) is 15.7. The Labute approximate surface area is 242 Å². The Morgan fingerprint density at radius 2 is 1.41 bits per heavy atom. The highest BCUT2D eigenvalue weighted by Gasteiger charge is 2.51. The molecule has 0 saturated heterocycles. The Balaban J connectivity index is 1.89. The first-order valence-electron chi connectivity index (χ1n) is 13.8. The summed E-state index contributed by atoms with van der Waals surface area (Å²) < 4.78 is 23.3. The summed E-state index contributed by atoms with van der Waals surface area (Å²) in [7, 11) is -1.67. The van der Waals surface area contributed by atoms with E-state index in [4.69, 9.17) is 18.4 Å². The molecule has 1 heterocycles. The van der Waals surface area contributed by atoms with Crippen molar-refractivity contribution in [2.45, 2.75) is 51.7 Å². The average molecular weight is 572 g/mol. The molecule has 0 aliphatic rings. The van der Waals surface area contributed by atoms with Crippen LogP contribution in [-0.4, -0.2) is 39.1 Å². The van der Waals surface area contributed by atoms with Gasteiger partial charge in [0.25, 0.3) is 8.32 Å². The number of methoxy groups -OCH3 is 1.